The quantitative estimate of drug-likeness (QED) is 0.922. The van der Waals surface area contributed by atoms with Gasteiger partial charge in [-0.25, -0.2) is 4.98 Å². The highest BCUT2D eigenvalue weighted by Gasteiger charge is 2.26. The molecule has 1 fully saturated rings. The molecule has 0 aliphatic heterocycles. The molecule has 2 aromatic rings. The van der Waals surface area contributed by atoms with Crippen molar-refractivity contribution in [3.05, 3.63) is 38.5 Å². The van der Waals surface area contributed by atoms with Crippen molar-refractivity contribution in [1.82, 2.24) is 10.3 Å². The van der Waals surface area contributed by atoms with E-state index in [9.17, 15) is 4.79 Å². The zero-order chi connectivity index (χ0) is 11.7. The van der Waals surface area contributed by atoms with E-state index in [2.05, 4.69) is 10.3 Å². The molecule has 0 unspecified atom stereocenters. The molecule has 1 aliphatic carbocycles. The number of amides is 1. The van der Waals surface area contributed by atoms with Gasteiger partial charge >= 0.3 is 0 Å². The summed E-state index contributed by atoms with van der Waals surface area (Å²) in [7, 11) is 0. The number of thiazole rings is 1. The van der Waals surface area contributed by atoms with Crippen LogP contribution in [0.1, 0.15) is 39.1 Å². The van der Waals surface area contributed by atoms with E-state index in [1.165, 1.54) is 29.2 Å². The first-order chi connectivity index (χ1) is 8.33. The second kappa shape index (κ2) is 4.58. The van der Waals surface area contributed by atoms with E-state index in [-0.39, 0.29) is 5.91 Å². The number of aromatic nitrogens is 1. The van der Waals surface area contributed by atoms with Crippen LogP contribution in [0.3, 0.4) is 0 Å². The molecule has 17 heavy (non-hydrogen) atoms. The molecule has 0 atom stereocenters. The summed E-state index contributed by atoms with van der Waals surface area (Å²) in [5, 5.41) is 8.07. The summed E-state index contributed by atoms with van der Waals surface area (Å²) in [6.45, 7) is 0.528. The fraction of sp³-hybridized carbons (Fsp3) is 0.333. The molecule has 3 nitrogen and oxygen atoms in total. The van der Waals surface area contributed by atoms with E-state index in [0.717, 1.165) is 10.6 Å². The molecule has 88 valence electrons. The summed E-state index contributed by atoms with van der Waals surface area (Å²) in [5.74, 6) is 0.683. The van der Waals surface area contributed by atoms with Crippen molar-refractivity contribution in [2.75, 3.05) is 0 Å². The van der Waals surface area contributed by atoms with Crippen LogP contribution < -0.4 is 5.32 Å². The minimum absolute atomic E-state index is 0.0130. The van der Waals surface area contributed by atoms with Crippen LogP contribution in [0.4, 0.5) is 0 Å². The van der Waals surface area contributed by atoms with Crippen LogP contribution in [-0.4, -0.2) is 10.9 Å². The number of rotatable bonds is 4. The van der Waals surface area contributed by atoms with Crippen molar-refractivity contribution < 1.29 is 4.79 Å². The molecule has 2 aromatic heterocycles. The third kappa shape index (κ3) is 2.56. The van der Waals surface area contributed by atoms with Gasteiger partial charge in [-0.1, -0.05) is 6.07 Å². The monoisotopic (exact) mass is 264 g/mol. The third-order valence-corrected chi connectivity index (χ3v) is 4.60. The zero-order valence-electron chi connectivity index (χ0n) is 9.18. The highest BCUT2D eigenvalue weighted by atomic mass is 32.1. The first-order valence-electron chi connectivity index (χ1n) is 5.59. The Hall–Kier alpha value is -1.20. The zero-order valence-corrected chi connectivity index (χ0v) is 10.8. The summed E-state index contributed by atoms with van der Waals surface area (Å²) in [6.07, 6.45) is 2.54. The summed E-state index contributed by atoms with van der Waals surface area (Å²) in [5.41, 5.74) is 0.974. The molecule has 1 saturated carbocycles. The molecule has 0 aromatic carbocycles. The first kappa shape index (κ1) is 10.9. The molecule has 1 N–H and O–H groups in total. The minimum Gasteiger partial charge on any atom is -0.346 e. The number of carbonyl (C=O) groups excluding carboxylic acids is 1. The second-order valence-corrected chi connectivity index (χ2v) is 5.95. The van der Waals surface area contributed by atoms with Gasteiger partial charge in [0.15, 0.2) is 0 Å². The summed E-state index contributed by atoms with van der Waals surface area (Å²) < 4.78 is 0. The van der Waals surface area contributed by atoms with Crippen LogP contribution >= 0.6 is 22.7 Å². The maximum Gasteiger partial charge on any atom is 0.261 e. The lowest BCUT2D eigenvalue weighted by Crippen LogP contribution is -2.21. The highest BCUT2D eigenvalue weighted by molar-refractivity contribution is 7.12. The summed E-state index contributed by atoms with van der Waals surface area (Å²) in [4.78, 5) is 17.0. The van der Waals surface area contributed by atoms with Crippen molar-refractivity contribution in [3.63, 3.8) is 0 Å². The van der Waals surface area contributed by atoms with E-state index in [1.54, 1.807) is 11.3 Å². The Bertz CT molecular complexity index is 514. The van der Waals surface area contributed by atoms with Crippen LogP contribution in [-0.2, 0) is 6.54 Å². The summed E-state index contributed by atoms with van der Waals surface area (Å²) >= 11 is 3.17. The Morgan fingerprint density at radius 1 is 1.47 bits per heavy atom. The molecule has 1 amide bonds. The lowest BCUT2D eigenvalue weighted by atomic mass is 10.4. The number of nitrogens with zero attached hydrogens (tertiary/aromatic N) is 1. The van der Waals surface area contributed by atoms with Gasteiger partial charge < -0.3 is 5.32 Å². The van der Waals surface area contributed by atoms with Gasteiger partial charge in [0.05, 0.1) is 22.1 Å². The van der Waals surface area contributed by atoms with E-state index in [0.29, 0.717) is 12.5 Å². The van der Waals surface area contributed by atoms with E-state index < -0.39 is 0 Å². The molecular formula is C12H12N2OS2. The number of carbonyl (C=O) groups is 1. The smallest absolute Gasteiger partial charge is 0.261 e. The SMILES string of the molecule is O=C(NCc1csc(C2CC2)n1)c1cccs1. The Morgan fingerprint density at radius 3 is 3.06 bits per heavy atom. The van der Waals surface area contributed by atoms with Crippen molar-refractivity contribution in [2.45, 2.75) is 25.3 Å². The molecule has 0 bridgehead atoms. The maximum absolute atomic E-state index is 11.7. The molecule has 0 spiro atoms. The van der Waals surface area contributed by atoms with Gasteiger partial charge in [0.2, 0.25) is 0 Å². The molecule has 0 radical (unpaired) electrons. The standard InChI is InChI=1S/C12H12N2OS2/c15-11(10-2-1-5-16-10)13-6-9-7-17-12(14-9)8-3-4-8/h1-2,5,7-8H,3-4,6H2,(H,13,15). The number of hydrogen-bond acceptors (Lipinski definition) is 4. The fourth-order valence-electron chi connectivity index (χ4n) is 1.59. The first-order valence-corrected chi connectivity index (χ1v) is 7.35. The number of hydrogen-bond donors (Lipinski definition) is 1. The molecule has 5 heteroatoms. The maximum atomic E-state index is 11.7. The van der Waals surface area contributed by atoms with Crippen molar-refractivity contribution in [2.24, 2.45) is 0 Å². The fourth-order valence-corrected chi connectivity index (χ4v) is 3.22. The minimum atomic E-state index is -0.0130. The topological polar surface area (TPSA) is 42.0 Å². The molecule has 3 rings (SSSR count). The average Bonchev–Trinajstić information content (AvgIpc) is 2.88. The van der Waals surface area contributed by atoms with Crippen LogP contribution in [0.5, 0.6) is 0 Å². The van der Waals surface area contributed by atoms with Gasteiger partial charge in [0, 0.05) is 11.3 Å². The van der Waals surface area contributed by atoms with Crippen LogP contribution in [0.15, 0.2) is 22.9 Å². The van der Waals surface area contributed by atoms with Crippen molar-refractivity contribution >= 4 is 28.6 Å². The Labute approximate surface area is 108 Å². The normalized spacial score (nSPS) is 14.8. The van der Waals surface area contributed by atoms with Gasteiger partial charge in [-0.2, -0.15) is 0 Å². The average molecular weight is 264 g/mol. The second-order valence-electron chi connectivity index (χ2n) is 4.11. The van der Waals surface area contributed by atoms with Crippen LogP contribution in [0.25, 0.3) is 0 Å². The number of nitrogens with one attached hydrogen (secondary N) is 1. The molecular weight excluding hydrogens is 252 g/mol. The Morgan fingerprint density at radius 2 is 2.35 bits per heavy atom. The summed E-state index contributed by atoms with van der Waals surface area (Å²) in [6, 6.07) is 3.71. The van der Waals surface area contributed by atoms with Gasteiger partial charge in [0.25, 0.3) is 5.91 Å². The predicted molar refractivity (Wildman–Crippen MR) is 69.6 cm³/mol. The lowest BCUT2D eigenvalue weighted by molar-refractivity contribution is 0.0954. The van der Waals surface area contributed by atoms with Crippen LogP contribution in [0, 0.1) is 0 Å². The Kier molecular flexibility index (Phi) is 2.94. The lowest BCUT2D eigenvalue weighted by Gasteiger charge is -2.00. The molecule has 1 aliphatic rings. The van der Waals surface area contributed by atoms with E-state index in [4.69, 9.17) is 0 Å². The van der Waals surface area contributed by atoms with Gasteiger partial charge in [0.1, 0.15) is 0 Å². The van der Waals surface area contributed by atoms with Crippen molar-refractivity contribution in [1.29, 1.82) is 0 Å². The predicted octanol–water partition coefficient (Wildman–Crippen LogP) is 3.01. The van der Waals surface area contributed by atoms with Gasteiger partial charge in [-0.15, -0.1) is 22.7 Å². The third-order valence-electron chi connectivity index (χ3n) is 2.67. The van der Waals surface area contributed by atoms with E-state index in [1.807, 2.05) is 22.9 Å². The molecule has 0 saturated heterocycles. The molecule has 2 heterocycles. The van der Waals surface area contributed by atoms with Crippen molar-refractivity contribution in [3.8, 4) is 0 Å². The number of thiophene rings is 1. The largest absolute Gasteiger partial charge is 0.346 e. The van der Waals surface area contributed by atoms with Gasteiger partial charge in [-0.05, 0) is 24.3 Å². The van der Waals surface area contributed by atoms with Crippen LogP contribution in [0.2, 0.25) is 0 Å². The van der Waals surface area contributed by atoms with E-state index >= 15 is 0 Å². The van der Waals surface area contributed by atoms with Gasteiger partial charge in [-0.3, -0.25) is 4.79 Å². The highest BCUT2D eigenvalue weighted by Crippen LogP contribution is 2.41. The Balaban J connectivity index is 1.58.